The maximum atomic E-state index is 5.75. The lowest BCUT2D eigenvalue weighted by Crippen LogP contribution is -2.04. The highest BCUT2D eigenvalue weighted by Crippen LogP contribution is 2.24. The van der Waals surface area contributed by atoms with Gasteiger partial charge in [-0.15, -0.1) is 0 Å². The van der Waals surface area contributed by atoms with Gasteiger partial charge in [-0.05, 0) is 12.8 Å². The van der Waals surface area contributed by atoms with Gasteiger partial charge in [0.2, 0.25) is 0 Å². The Balaban J connectivity index is 0. The maximum Gasteiger partial charge on any atom is 0.0194 e. The summed E-state index contributed by atoms with van der Waals surface area (Å²) in [5, 5.41) is 0. The molecule has 0 heterocycles. The second-order valence-electron chi connectivity index (χ2n) is 3.69. The monoisotopic (exact) mass is 196 g/mol. The molecule has 0 amide bonds. The first-order valence-electron chi connectivity index (χ1n) is 5.80. The Kier molecular flexibility index (Phi) is 8.31. The van der Waals surface area contributed by atoms with Crippen molar-refractivity contribution in [2.24, 2.45) is 5.92 Å². The second-order valence-corrected chi connectivity index (χ2v) is 3.69. The minimum Gasteiger partial charge on any atom is -0.0776 e. The summed E-state index contributed by atoms with van der Waals surface area (Å²) in [7, 11) is 1.25. The van der Waals surface area contributed by atoms with E-state index in [2.05, 4.69) is 26.0 Å². The van der Waals surface area contributed by atoms with Gasteiger partial charge in [0.25, 0.3) is 0 Å². The van der Waals surface area contributed by atoms with Crippen LogP contribution in [0.3, 0.4) is 0 Å². The van der Waals surface area contributed by atoms with E-state index in [0.29, 0.717) is 0 Å². The van der Waals surface area contributed by atoms with Crippen molar-refractivity contribution in [3.8, 4) is 0 Å². The predicted molar refractivity (Wildman–Crippen MR) is 67.7 cm³/mol. The van der Waals surface area contributed by atoms with E-state index in [1.54, 1.807) is 0 Å². The van der Waals surface area contributed by atoms with E-state index in [9.17, 15) is 0 Å². The highest BCUT2D eigenvalue weighted by atomic mass is 14.1. The normalized spacial score (nSPS) is 14.1. The van der Waals surface area contributed by atoms with Crippen LogP contribution >= 0.6 is 0 Å². The number of rotatable bonds is 0. The zero-order chi connectivity index (χ0) is 10.8. The maximum absolute atomic E-state index is 5.75. The predicted octanol–water partition coefficient (Wildman–Crippen LogP) is 5.07. The Morgan fingerprint density at radius 3 is 1.71 bits per heavy atom. The van der Waals surface area contributed by atoms with Crippen molar-refractivity contribution in [2.75, 3.05) is 0 Å². The van der Waals surface area contributed by atoms with E-state index in [4.69, 9.17) is 1.37 Å². The third-order valence-electron chi connectivity index (χ3n) is 2.33. The highest BCUT2D eigenvalue weighted by molar-refractivity contribution is 5.11. The Morgan fingerprint density at radius 2 is 1.57 bits per heavy atom. The summed E-state index contributed by atoms with van der Waals surface area (Å²) in [4.78, 5) is 0. The molecule has 0 heteroatoms. The lowest BCUT2D eigenvalue weighted by Gasteiger charge is -2.18. The van der Waals surface area contributed by atoms with Crippen LogP contribution in [-0.4, -0.2) is 0 Å². The van der Waals surface area contributed by atoms with E-state index in [-0.39, 0.29) is 7.43 Å². The Labute approximate surface area is 91.8 Å². The van der Waals surface area contributed by atoms with Crippen molar-refractivity contribution >= 4 is 0 Å². The minimum absolute atomic E-state index is 0. The van der Waals surface area contributed by atoms with Crippen molar-refractivity contribution in [2.45, 2.75) is 47.9 Å². The molecular formula is C14H26. The van der Waals surface area contributed by atoms with Gasteiger partial charge in [-0.3, -0.25) is 0 Å². The van der Waals surface area contributed by atoms with E-state index < -0.39 is 0 Å². The van der Waals surface area contributed by atoms with Crippen LogP contribution in [0, 0.1) is 12.8 Å². The molecule has 0 bridgehead atoms. The zero-order valence-electron chi connectivity index (χ0n) is 10.1. The molecule has 0 saturated heterocycles. The first-order chi connectivity index (χ1) is 6.79. The fourth-order valence-corrected chi connectivity index (χ4v) is 1.15. The summed E-state index contributed by atoms with van der Waals surface area (Å²) >= 11 is 0. The molecule has 1 fully saturated rings. The number of hydrogen-bond acceptors (Lipinski definition) is 0. The molecular weight excluding hydrogens is 168 g/mol. The van der Waals surface area contributed by atoms with Crippen LogP contribution in [0.25, 0.3) is 0 Å². The molecule has 0 aliphatic heterocycles. The van der Waals surface area contributed by atoms with Crippen molar-refractivity contribution in [1.29, 1.82) is 0 Å². The van der Waals surface area contributed by atoms with Crippen molar-refractivity contribution in [3.63, 3.8) is 0 Å². The molecule has 0 nitrogen and oxygen atoms in total. The molecule has 0 spiro atoms. The standard InChI is InChI=1S/C7H8.C5H10.2CH4/c1-7-5-3-2-4-6-7;1-5-3-2-4-5;;/h2-6H,1H3;5H,2-4H2,1H3;2*1H4/i;;1T;. The van der Waals surface area contributed by atoms with Crippen LogP contribution in [0.4, 0.5) is 0 Å². The smallest absolute Gasteiger partial charge is 0.0194 e. The summed E-state index contributed by atoms with van der Waals surface area (Å²) in [6.45, 7) is 4.39. The fourth-order valence-electron chi connectivity index (χ4n) is 1.15. The quantitative estimate of drug-likeness (QED) is 0.543. The van der Waals surface area contributed by atoms with Crippen LogP contribution in [0.1, 0.15) is 47.9 Å². The molecule has 1 aromatic carbocycles. The van der Waals surface area contributed by atoms with Crippen molar-refractivity contribution < 1.29 is 1.37 Å². The summed E-state index contributed by atoms with van der Waals surface area (Å²) < 4.78 is 5.75. The van der Waals surface area contributed by atoms with Crippen LogP contribution in [0.15, 0.2) is 30.3 Å². The molecule has 14 heavy (non-hydrogen) atoms. The first-order valence-corrected chi connectivity index (χ1v) is 4.80. The first kappa shape index (κ1) is 13.2. The topological polar surface area (TPSA) is 0 Å². The molecule has 1 aliphatic carbocycles. The molecule has 0 atom stereocenters. The van der Waals surface area contributed by atoms with Crippen LogP contribution in [0.5, 0.6) is 0 Å². The molecule has 0 unspecified atom stereocenters. The number of benzene rings is 1. The molecule has 1 saturated carbocycles. The van der Waals surface area contributed by atoms with Gasteiger partial charge in [0.15, 0.2) is 0 Å². The Morgan fingerprint density at radius 1 is 1.14 bits per heavy atom. The summed E-state index contributed by atoms with van der Waals surface area (Å²) in [6.07, 6.45) is 4.46. The molecule has 82 valence electrons. The van der Waals surface area contributed by atoms with Gasteiger partial charge >= 0.3 is 0 Å². The van der Waals surface area contributed by atoms with Crippen molar-refractivity contribution in [1.82, 2.24) is 0 Å². The lowest BCUT2D eigenvalue weighted by molar-refractivity contribution is 0.346. The lowest BCUT2D eigenvalue weighted by atomic mass is 9.88. The molecule has 0 N–H and O–H groups in total. The van der Waals surface area contributed by atoms with Gasteiger partial charge in [0, 0.05) is 1.37 Å². The van der Waals surface area contributed by atoms with E-state index in [1.165, 1.54) is 32.2 Å². The zero-order valence-corrected chi connectivity index (χ0v) is 9.09. The van der Waals surface area contributed by atoms with E-state index in [0.717, 1.165) is 5.92 Å². The van der Waals surface area contributed by atoms with Gasteiger partial charge in [0.05, 0.1) is 0 Å². The van der Waals surface area contributed by atoms with Gasteiger partial charge in [0.1, 0.15) is 0 Å². The Hall–Kier alpha value is -0.780. The number of aryl methyl sites for hydroxylation is 1. The van der Waals surface area contributed by atoms with Crippen molar-refractivity contribution in [3.05, 3.63) is 35.9 Å². The molecule has 0 radical (unpaired) electrons. The van der Waals surface area contributed by atoms with E-state index in [1.807, 2.05) is 18.2 Å². The molecule has 1 aliphatic rings. The third-order valence-corrected chi connectivity index (χ3v) is 2.33. The third kappa shape index (κ3) is 6.71. The SMILES string of the molecule is C.CC1CCC1.Cc1ccccc1.[3H]C. The summed E-state index contributed by atoms with van der Waals surface area (Å²) in [5.74, 6) is 1.06. The van der Waals surface area contributed by atoms with Gasteiger partial charge in [-0.2, -0.15) is 0 Å². The van der Waals surface area contributed by atoms with Crippen LogP contribution in [-0.2, 0) is 0 Å². The molecule has 0 aromatic heterocycles. The Bertz CT molecular complexity index is 202. The van der Waals surface area contributed by atoms with E-state index >= 15 is 0 Å². The summed E-state index contributed by atoms with van der Waals surface area (Å²) in [6, 6.07) is 10.3. The average molecular weight is 196 g/mol. The van der Waals surface area contributed by atoms with Gasteiger partial charge in [-0.25, -0.2) is 0 Å². The van der Waals surface area contributed by atoms with Crippen LogP contribution in [0.2, 0.25) is 0 Å². The largest absolute Gasteiger partial charge is 0.0776 e. The average Bonchev–Trinajstić information content (AvgIpc) is 2.20. The van der Waals surface area contributed by atoms with Gasteiger partial charge < -0.3 is 0 Å². The molecule has 2 rings (SSSR count). The second kappa shape index (κ2) is 8.80. The van der Waals surface area contributed by atoms with Gasteiger partial charge in [-0.1, -0.05) is 76.9 Å². The number of hydrogen-bond donors (Lipinski definition) is 0. The van der Waals surface area contributed by atoms with Crippen LogP contribution < -0.4 is 0 Å². The fraction of sp³-hybridized carbons (Fsp3) is 0.571. The highest BCUT2D eigenvalue weighted by Gasteiger charge is 2.09. The molecule has 1 aromatic rings. The summed E-state index contributed by atoms with van der Waals surface area (Å²) in [5.41, 5.74) is 1.32. The minimum atomic E-state index is 0.